The number of hydrogen-bond donors (Lipinski definition) is 1. The SMILES string of the molecule is CC(C)(C)OC=O.CC1(C)CC2c3cc(N4CCCC4)c(OC(F)(F)F)cc3-c3cc(=O)c(C(=O)O)cn3N21. The number of carboxylic acid groups (broad SMARTS) is 1. The van der Waals surface area contributed by atoms with Crippen LogP contribution in [-0.4, -0.2) is 52.8 Å². The summed E-state index contributed by atoms with van der Waals surface area (Å²) >= 11 is 0. The van der Waals surface area contributed by atoms with Crippen molar-refractivity contribution in [2.45, 2.75) is 77.4 Å². The summed E-state index contributed by atoms with van der Waals surface area (Å²) in [6.45, 7) is 11.2. The summed E-state index contributed by atoms with van der Waals surface area (Å²) in [5, 5.41) is 11.4. The number of ether oxygens (including phenoxy) is 2. The Bertz CT molecular complexity index is 1340. The average molecular weight is 552 g/mol. The first-order valence-electron chi connectivity index (χ1n) is 12.6. The van der Waals surface area contributed by atoms with Crippen molar-refractivity contribution in [3.05, 3.63) is 45.7 Å². The van der Waals surface area contributed by atoms with Gasteiger partial charge in [0.15, 0.2) is 11.2 Å². The summed E-state index contributed by atoms with van der Waals surface area (Å²) < 4.78 is 50.2. The van der Waals surface area contributed by atoms with Crippen LogP contribution >= 0.6 is 0 Å². The first-order valence-corrected chi connectivity index (χ1v) is 12.6. The van der Waals surface area contributed by atoms with Gasteiger partial charge in [-0.3, -0.25) is 19.3 Å². The number of aromatic nitrogens is 1. The summed E-state index contributed by atoms with van der Waals surface area (Å²) in [7, 11) is 0. The number of nitrogens with zero attached hydrogens (tertiary/aromatic N) is 3. The van der Waals surface area contributed by atoms with E-state index in [1.807, 2.05) is 44.5 Å². The van der Waals surface area contributed by atoms with E-state index in [1.165, 1.54) is 18.3 Å². The number of halogens is 3. The van der Waals surface area contributed by atoms with Crippen LogP contribution in [0.5, 0.6) is 5.75 Å². The fourth-order valence-electron chi connectivity index (χ4n) is 5.35. The van der Waals surface area contributed by atoms with E-state index in [2.05, 4.69) is 9.47 Å². The molecule has 1 aromatic carbocycles. The van der Waals surface area contributed by atoms with Gasteiger partial charge in [0.05, 0.1) is 23.0 Å². The molecule has 4 heterocycles. The maximum atomic E-state index is 13.2. The molecule has 0 aliphatic carbocycles. The molecule has 1 N–H and O–H groups in total. The lowest BCUT2D eigenvalue weighted by atomic mass is 9.76. The van der Waals surface area contributed by atoms with Crippen molar-refractivity contribution in [2.75, 3.05) is 23.0 Å². The Kier molecular flexibility index (Phi) is 7.11. The van der Waals surface area contributed by atoms with Crippen molar-refractivity contribution in [3.8, 4) is 17.0 Å². The number of fused-ring (bicyclic) bond motifs is 6. The Morgan fingerprint density at radius 2 is 1.77 bits per heavy atom. The largest absolute Gasteiger partial charge is 0.573 e. The molecule has 2 aromatic rings. The van der Waals surface area contributed by atoms with Crippen LogP contribution < -0.4 is 20.1 Å². The lowest BCUT2D eigenvalue weighted by Gasteiger charge is -2.60. The molecule has 2 fully saturated rings. The summed E-state index contributed by atoms with van der Waals surface area (Å²) in [6.07, 6.45) is -1.10. The first kappa shape index (κ1) is 28.3. The molecule has 39 heavy (non-hydrogen) atoms. The molecular formula is C27H32F3N3O6. The van der Waals surface area contributed by atoms with Crippen molar-refractivity contribution < 1.29 is 37.3 Å². The maximum Gasteiger partial charge on any atom is 0.573 e. The van der Waals surface area contributed by atoms with Crippen LogP contribution in [0.2, 0.25) is 0 Å². The van der Waals surface area contributed by atoms with Crippen LogP contribution in [0, 0.1) is 0 Å². The highest BCUT2D eigenvalue weighted by Gasteiger charge is 2.50. The highest BCUT2D eigenvalue weighted by Crippen LogP contribution is 2.53. The summed E-state index contributed by atoms with van der Waals surface area (Å²) in [5.74, 6) is -1.66. The quantitative estimate of drug-likeness (QED) is 0.539. The Hall–Kier alpha value is -3.70. The van der Waals surface area contributed by atoms with E-state index in [0.29, 0.717) is 36.5 Å². The number of carbonyl (C=O) groups is 2. The van der Waals surface area contributed by atoms with Crippen molar-refractivity contribution in [3.63, 3.8) is 0 Å². The van der Waals surface area contributed by atoms with Gasteiger partial charge < -0.3 is 19.5 Å². The lowest BCUT2D eigenvalue weighted by Crippen LogP contribution is -2.65. The molecule has 2 saturated heterocycles. The van der Waals surface area contributed by atoms with Crippen LogP contribution in [-0.2, 0) is 9.53 Å². The molecule has 0 bridgehead atoms. The highest BCUT2D eigenvalue weighted by atomic mass is 19.4. The third-order valence-electron chi connectivity index (χ3n) is 6.94. The topological polar surface area (TPSA) is 101 Å². The number of aromatic carboxylic acids is 1. The predicted molar refractivity (Wildman–Crippen MR) is 138 cm³/mol. The van der Waals surface area contributed by atoms with Crippen molar-refractivity contribution >= 4 is 18.1 Å². The fraction of sp³-hybridized carbons (Fsp3) is 0.519. The molecule has 1 unspecified atom stereocenters. The smallest absolute Gasteiger partial charge is 0.477 e. The van der Waals surface area contributed by atoms with E-state index >= 15 is 0 Å². The Morgan fingerprint density at radius 1 is 1.13 bits per heavy atom. The van der Waals surface area contributed by atoms with E-state index in [-0.39, 0.29) is 28.5 Å². The third-order valence-corrected chi connectivity index (χ3v) is 6.94. The molecule has 12 heteroatoms. The van der Waals surface area contributed by atoms with Gasteiger partial charge in [-0.1, -0.05) is 0 Å². The minimum absolute atomic E-state index is 0.155. The standard InChI is InChI=1S/C22H22F3N3O4.C5H10O2/c1-21(2)10-17-12-7-16(26-5-3-4-6-26)19(32-22(23,24)25)8-13(12)15-9-18(29)14(20(30)31)11-27(15)28(17)21;1-5(2,3)7-4-6/h7-9,11,17H,3-6,10H2,1-2H3,(H,30,31);4H,1-3H3. The Morgan fingerprint density at radius 3 is 2.26 bits per heavy atom. The molecule has 9 nitrogen and oxygen atoms in total. The van der Waals surface area contributed by atoms with Gasteiger partial charge in [-0.15, -0.1) is 13.2 Å². The van der Waals surface area contributed by atoms with Gasteiger partial charge in [-0.25, -0.2) is 4.79 Å². The molecule has 212 valence electrons. The van der Waals surface area contributed by atoms with Crippen LogP contribution in [0.25, 0.3) is 11.3 Å². The number of benzene rings is 1. The highest BCUT2D eigenvalue weighted by molar-refractivity contribution is 5.88. The lowest BCUT2D eigenvalue weighted by molar-refractivity contribution is -0.274. The maximum absolute atomic E-state index is 13.2. The zero-order valence-electron chi connectivity index (χ0n) is 22.5. The van der Waals surface area contributed by atoms with E-state index in [9.17, 15) is 32.7 Å². The van der Waals surface area contributed by atoms with Gasteiger partial charge >= 0.3 is 12.3 Å². The zero-order valence-corrected chi connectivity index (χ0v) is 22.5. The first-order chi connectivity index (χ1) is 18.0. The molecule has 0 saturated carbocycles. The van der Waals surface area contributed by atoms with Crippen molar-refractivity contribution in [2.24, 2.45) is 0 Å². The van der Waals surface area contributed by atoms with Gasteiger partial charge in [-0.2, -0.15) is 0 Å². The second-order valence-corrected chi connectivity index (χ2v) is 11.4. The second-order valence-electron chi connectivity index (χ2n) is 11.4. The van der Waals surface area contributed by atoms with Crippen molar-refractivity contribution in [1.82, 2.24) is 4.68 Å². The second kappa shape index (κ2) is 9.80. The van der Waals surface area contributed by atoms with E-state index in [4.69, 9.17) is 0 Å². The Labute approximate surface area is 223 Å². The number of anilines is 1. The molecule has 0 radical (unpaired) electrons. The zero-order chi connectivity index (χ0) is 28.9. The van der Waals surface area contributed by atoms with Crippen LogP contribution in [0.15, 0.2) is 29.2 Å². The van der Waals surface area contributed by atoms with Gasteiger partial charge in [0.1, 0.15) is 11.2 Å². The average Bonchev–Trinajstić information content (AvgIpc) is 3.31. The molecular weight excluding hydrogens is 519 g/mol. The Balaban J connectivity index is 0.000000448. The number of carbonyl (C=O) groups excluding carboxylic acids is 1. The van der Waals surface area contributed by atoms with Crippen LogP contribution in [0.3, 0.4) is 0 Å². The third kappa shape index (κ3) is 5.69. The monoisotopic (exact) mass is 551 g/mol. The van der Waals surface area contributed by atoms with Gasteiger partial charge in [-0.05, 0) is 71.6 Å². The molecule has 0 amide bonds. The summed E-state index contributed by atoms with van der Waals surface area (Å²) in [6, 6.07) is 4.11. The summed E-state index contributed by atoms with van der Waals surface area (Å²) in [4.78, 5) is 35.5. The molecule has 0 spiro atoms. The number of rotatable bonds is 4. The van der Waals surface area contributed by atoms with Crippen LogP contribution in [0.1, 0.15) is 75.8 Å². The minimum Gasteiger partial charge on any atom is -0.477 e. The number of pyridine rings is 1. The number of hydrogen-bond acceptors (Lipinski definition) is 7. The molecule has 1 aromatic heterocycles. The normalized spacial score (nSPS) is 19.0. The molecule has 3 aliphatic heterocycles. The van der Waals surface area contributed by atoms with Gasteiger partial charge in [0.25, 0.3) is 6.47 Å². The van der Waals surface area contributed by atoms with E-state index in [1.54, 1.807) is 10.7 Å². The minimum atomic E-state index is -4.87. The fourth-order valence-corrected chi connectivity index (χ4v) is 5.35. The molecule has 3 aliphatic rings. The van der Waals surface area contributed by atoms with Crippen molar-refractivity contribution in [1.29, 1.82) is 0 Å². The van der Waals surface area contributed by atoms with Gasteiger partial charge in [0, 0.05) is 30.9 Å². The molecule has 5 rings (SSSR count). The van der Waals surface area contributed by atoms with Crippen LogP contribution in [0.4, 0.5) is 18.9 Å². The van der Waals surface area contributed by atoms with E-state index in [0.717, 1.165) is 24.8 Å². The number of alkyl halides is 3. The summed E-state index contributed by atoms with van der Waals surface area (Å²) in [5.41, 5.74) is 0.257. The van der Waals surface area contributed by atoms with E-state index < -0.39 is 17.8 Å². The number of carboxylic acids is 1. The van der Waals surface area contributed by atoms with Gasteiger partial charge in [0.2, 0.25) is 0 Å². The predicted octanol–water partition coefficient (Wildman–Crippen LogP) is 4.85. The molecule has 1 atom stereocenters.